The normalized spacial score (nSPS) is 10.4. The highest BCUT2D eigenvalue weighted by Gasteiger charge is 2.05. The lowest BCUT2D eigenvalue weighted by Gasteiger charge is -2.02. The number of thiazole rings is 1. The van der Waals surface area contributed by atoms with Crippen molar-refractivity contribution >= 4 is 27.2 Å². The van der Waals surface area contributed by atoms with Gasteiger partial charge in [-0.3, -0.25) is 0 Å². The Balaban J connectivity index is 2.78. The van der Waals surface area contributed by atoms with Crippen LogP contribution in [0.1, 0.15) is 0 Å². The number of rotatable bonds is 1. The third-order valence-electron chi connectivity index (χ3n) is 1.72. The highest BCUT2D eigenvalue weighted by molar-refractivity contribution is 7.17. The van der Waals surface area contributed by atoms with E-state index in [1.807, 2.05) is 12.1 Å². The van der Waals surface area contributed by atoms with Crippen molar-refractivity contribution in [1.29, 1.82) is 0 Å². The number of hydrogen-bond acceptors (Lipinski definition) is 4. The maximum atomic E-state index is 5.82. The van der Waals surface area contributed by atoms with Gasteiger partial charge in [-0.1, -0.05) is 0 Å². The summed E-state index contributed by atoms with van der Waals surface area (Å²) in [6, 6.07) is 3.73. The van der Waals surface area contributed by atoms with Gasteiger partial charge in [0.1, 0.15) is 5.75 Å². The summed E-state index contributed by atoms with van der Waals surface area (Å²) < 4.78 is 6.07. The molecule has 2 N–H and O–H groups in total. The molecule has 62 valence electrons. The number of ether oxygens (including phenoxy) is 1. The molecular weight excluding hydrogens is 172 g/mol. The van der Waals surface area contributed by atoms with E-state index in [-0.39, 0.29) is 0 Å². The van der Waals surface area contributed by atoms with Crippen LogP contribution in [-0.2, 0) is 0 Å². The van der Waals surface area contributed by atoms with Gasteiger partial charge in [-0.15, -0.1) is 11.3 Å². The summed E-state index contributed by atoms with van der Waals surface area (Å²) in [5.74, 6) is 0.715. The summed E-state index contributed by atoms with van der Waals surface area (Å²) in [5, 5.41) is 0. The molecule has 0 aliphatic carbocycles. The molecule has 4 heteroatoms. The summed E-state index contributed by atoms with van der Waals surface area (Å²) in [6.07, 6.45) is 0. The Kier molecular flexibility index (Phi) is 1.62. The first-order valence-corrected chi connectivity index (χ1v) is 4.36. The molecule has 12 heavy (non-hydrogen) atoms. The third-order valence-corrected chi connectivity index (χ3v) is 2.59. The molecule has 1 aromatic heterocycles. The first-order chi connectivity index (χ1) is 5.83. The van der Waals surface area contributed by atoms with E-state index < -0.39 is 0 Å². The average molecular weight is 180 g/mol. The number of nitrogens with zero attached hydrogens (tertiary/aromatic N) is 1. The Morgan fingerprint density at radius 3 is 3.08 bits per heavy atom. The number of nitrogen functional groups attached to an aromatic ring is 1. The Morgan fingerprint density at radius 1 is 1.50 bits per heavy atom. The first kappa shape index (κ1) is 7.36. The lowest BCUT2D eigenvalue weighted by molar-refractivity contribution is 0.417. The first-order valence-electron chi connectivity index (χ1n) is 3.48. The van der Waals surface area contributed by atoms with Crippen molar-refractivity contribution in [2.45, 2.75) is 0 Å². The lowest BCUT2D eigenvalue weighted by Crippen LogP contribution is -1.91. The number of benzene rings is 1. The lowest BCUT2D eigenvalue weighted by atomic mass is 10.3. The van der Waals surface area contributed by atoms with Crippen LogP contribution in [0.3, 0.4) is 0 Å². The predicted octanol–water partition coefficient (Wildman–Crippen LogP) is 1.89. The van der Waals surface area contributed by atoms with Crippen LogP contribution >= 0.6 is 11.3 Å². The largest absolute Gasteiger partial charge is 0.495 e. The second-order valence-electron chi connectivity index (χ2n) is 2.38. The summed E-state index contributed by atoms with van der Waals surface area (Å²) in [6.45, 7) is 0. The van der Waals surface area contributed by atoms with Gasteiger partial charge in [-0.05, 0) is 12.1 Å². The average Bonchev–Trinajstić information content (AvgIpc) is 2.53. The molecule has 0 fully saturated rings. The molecule has 0 unspecified atom stereocenters. The molecule has 3 nitrogen and oxygen atoms in total. The monoisotopic (exact) mass is 180 g/mol. The van der Waals surface area contributed by atoms with Crippen molar-refractivity contribution < 1.29 is 4.74 Å². The van der Waals surface area contributed by atoms with E-state index in [1.54, 1.807) is 12.6 Å². The molecule has 0 radical (unpaired) electrons. The zero-order chi connectivity index (χ0) is 8.55. The summed E-state index contributed by atoms with van der Waals surface area (Å²) in [7, 11) is 1.61. The standard InChI is InChI=1S/C8H8N2OS/c1-11-6-3-2-5-8(7(6)9)12-4-10-5/h2-4H,9H2,1H3. The molecule has 2 aromatic rings. The number of nitrogens with two attached hydrogens (primary N) is 1. The highest BCUT2D eigenvalue weighted by Crippen LogP contribution is 2.32. The molecule has 0 saturated carbocycles. The molecule has 0 bridgehead atoms. The zero-order valence-electron chi connectivity index (χ0n) is 6.57. The van der Waals surface area contributed by atoms with Crippen molar-refractivity contribution in [3.05, 3.63) is 17.6 Å². The van der Waals surface area contributed by atoms with Gasteiger partial charge in [0.25, 0.3) is 0 Å². The minimum absolute atomic E-state index is 0.678. The fraction of sp³-hybridized carbons (Fsp3) is 0.125. The van der Waals surface area contributed by atoms with Crippen LogP contribution in [-0.4, -0.2) is 12.1 Å². The minimum Gasteiger partial charge on any atom is -0.495 e. The fourth-order valence-corrected chi connectivity index (χ4v) is 1.85. The van der Waals surface area contributed by atoms with E-state index in [2.05, 4.69) is 4.98 Å². The van der Waals surface area contributed by atoms with Crippen molar-refractivity contribution in [2.24, 2.45) is 0 Å². The molecule has 0 aliphatic rings. The molecule has 0 amide bonds. The van der Waals surface area contributed by atoms with Gasteiger partial charge in [-0.2, -0.15) is 0 Å². The number of anilines is 1. The van der Waals surface area contributed by atoms with Gasteiger partial charge in [-0.25, -0.2) is 4.98 Å². The van der Waals surface area contributed by atoms with Crippen molar-refractivity contribution in [3.63, 3.8) is 0 Å². The smallest absolute Gasteiger partial charge is 0.143 e. The van der Waals surface area contributed by atoms with Crippen molar-refractivity contribution in [2.75, 3.05) is 12.8 Å². The van der Waals surface area contributed by atoms with Gasteiger partial charge in [0.15, 0.2) is 0 Å². The van der Waals surface area contributed by atoms with Crippen LogP contribution in [0.2, 0.25) is 0 Å². The van der Waals surface area contributed by atoms with Crippen molar-refractivity contribution in [1.82, 2.24) is 4.98 Å². The van der Waals surface area contributed by atoms with Crippen LogP contribution in [0, 0.1) is 0 Å². The second-order valence-corrected chi connectivity index (χ2v) is 3.24. The van der Waals surface area contributed by atoms with Gasteiger partial charge in [0.2, 0.25) is 0 Å². The van der Waals surface area contributed by atoms with E-state index in [0.717, 1.165) is 10.2 Å². The van der Waals surface area contributed by atoms with Crippen LogP contribution in [0.5, 0.6) is 5.75 Å². The van der Waals surface area contributed by atoms with Gasteiger partial charge < -0.3 is 10.5 Å². The number of fused-ring (bicyclic) bond motifs is 1. The molecule has 0 atom stereocenters. The molecular formula is C8H8N2OS. The van der Waals surface area contributed by atoms with Crippen LogP contribution in [0.4, 0.5) is 5.69 Å². The Bertz CT molecular complexity index is 410. The summed E-state index contributed by atoms with van der Waals surface area (Å²) in [4.78, 5) is 4.14. The predicted molar refractivity (Wildman–Crippen MR) is 50.6 cm³/mol. The van der Waals surface area contributed by atoms with E-state index in [1.165, 1.54) is 11.3 Å². The van der Waals surface area contributed by atoms with E-state index >= 15 is 0 Å². The third kappa shape index (κ3) is 0.921. The number of hydrogen-bond donors (Lipinski definition) is 1. The fourth-order valence-electron chi connectivity index (χ4n) is 1.11. The number of methoxy groups -OCH3 is 1. The molecule has 0 spiro atoms. The molecule has 1 aromatic carbocycles. The van der Waals surface area contributed by atoms with E-state index in [0.29, 0.717) is 11.4 Å². The van der Waals surface area contributed by atoms with Gasteiger partial charge in [0, 0.05) is 0 Å². The van der Waals surface area contributed by atoms with Gasteiger partial charge in [0.05, 0.1) is 28.5 Å². The van der Waals surface area contributed by atoms with E-state index in [9.17, 15) is 0 Å². The SMILES string of the molecule is COc1ccc2ncsc2c1N. The maximum Gasteiger partial charge on any atom is 0.143 e. The topological polar surface area (TPSA) is 48.1 Å². The Hall–Kier alpha value is -1.29. The molecule has 2 rings (SSSR count). The highest BCUT2D eigenvalue weighted by atomic mass is 32.1. The second kappa shape index (κ2) is 2.64. The summed E-state index contributed by atoms with van der Waals surface area (Å²) >= 11 is 1.53. The van der Waals surface area contributed by atoms with Crippen LogP contribution in [0.25, 0.3) is 10.2 Å². The quantitative estimate of drug-likeness (QED) is 0.682. The zero-order valence-corrected chi connectivity index (χ0v) is 7.39. The summed E-state index contributed by atoms with van der Waals surface area (Å²) in [5.41, 5.74) is 9.20. The minimum atomic E-state index is 0.678. The van der Waals surface area contributed by atoms with Crippen LogP contribution < -0.4 is 10.5 Å². The molecule has 1 heterocycles. The Morgan fingerprint density at radius 2 is 2.33 bits per heavy atom. The van der Waals surface area contributed by atoms with Gasteiger partial charge >= 0.3 is 0 Å². The molecule has 0 saturated heterocycles. The maximum absolute atomic E-state index is 5.82. The number of aromatic nitrogens is 1. The van der Waals surface area contributed by atoms with Crippen molar-refractivity contribution in [3.8, 4) is 5.75 Å². The Labute approximate surface area is 73.8 Å². The van der Waals surface area contributed by atoms with Crippen LogP contribution in [0.15, 0.2) is 17.6 Å². The van der Waals surface area contributed by atoms with E-state index in [4.69, 9.17) is 10.5 Å². The molecule has 0 aliphatic heterocycles.